The summed E-state index contributed by atoms with van der Waals surface area (Å²) in [6.07, 6.45) is 1.20. The first-order chi connectivity index (χ1) is 9.38. The molecule has 1 N–H and O–H groups in total. The lowest BCUT2D eigenvalue weighted by Gasteiger charge is -2.09. The molecule has 0 unspecified atom stereocenters. The van der Waals surface area contributed by atoms with E-state index in [-0.39, 0.29) is 27.0 Å². The summed E-state index contributed by atoms with van der Waals surface area (Å²) in [5.74, 6) is -2.07. The highest BCUT2D eigenvalue weighted by molar-refractivity contribution is 6.35. The van der Waals surface area contributed by atoms with Crippen molar-refractivity contribution >= 4 is 34.8 Å². The first-order valence-electron chi connectivity index (χ1n) is 5.46. The van der Waals surface area contributed by atoms with Crippen molar-refractivity contribution in [3.63, 3.8) is 0 Å². The number of aromatic nitrogens is 1. The van der Waals surface area contributed by atoms with E-state index in [4.69, 9.17) is 23.2 Å². The van der Waals surface area contributed by atoms with E-state index in [0.29, 0.717) is 0 Å². The first-order valence-corrected chi connectivity index (χ1v) is 6.22. The summed E-state index contributed by atoms with van der Waals surface area (Å²) in [6.45, 7) is 1.42. The Morgan fingerprint density at radius 2 is 1.90 bits per heavy atom. The van der Waals surface area contributed by atoms with Gasteiger partial charge in [0.05, 0.1) is 16.3 Å². The molecule has 0 saturated heterocycles. The van der Waals surface area contributed by atoms with E-state index in [0.717, 1.165) is 12.1 Å². The fourth-order valence-electron chi connectivity index (χ4n) is 1.52. The van der Waals surface area contributed by atoms with Crippen molar-refractivity contribution < 1.29 is 13.6 Å². The third kappa shape index (κ3) is 3.05. The van der Waals surface area contributed by atoms with Gasteiger partial charge in [0.15, 0.2) is 0 Å². The molecule has 1 aromatic carbocycles. The number of benzene rings is 1. The van der Waals surface area contributed by atoms with Gasteiger partial charge in [-0.2, -0.15) is 0 Å². The highest BCUT2D eigenvalue weighted by atomic mass is 35.5. The summed E-state index contributed by atoms with van der Waals surface area (Å²) in [4.78, 5) is 15.7. The standard InChI is InChI=1S/C13H8Cl2F2N2O/c1-6-2-10(17)11(4-9(6)16)19-13(20)7-3-12(15)18-5-8(7)14/h2-5H,1H3,(H,19,20). The second-order valence-corrected chi connectivity index (χ2v) is 4.82. The number of nitrogens with zero attached hydrogens (tertiary/aromatic N) is 1. The lowest BCUT2D eigenvalue weighted by molar-refractivity contribution is 0.102. The molecule has 3 nitrogen and oxygen atoms in total. The Kier molecular flexibility index (Phi) is 4.20. The van der Waals surface area contributed by atoms with E-state index in [1.807, 2.05) is 0 Å². The maximum atomic E-state index is 13.6. The predicted octanol–water partition coefficient (Wildman–Crippen LogP) is 4.23. The van der Waals surface area contributed by atoms with Crippen molar-refractivity contribution in [1.82, 2.24) is 4.98 Å². The van der Waals surface area contributed by atoms with Crippen molar-refractivity contribution in [1.29, 1.82) is 0 Å². The number of hydrogen-bond acceptors (Lipinski definition) is 2. The molecule has 2 aromatic rings. The van der Waals surface area contributed by atoms with Gasteiger partial charge in [0.2, 0.25) is 0 Å². The lowest BCUT2D eigenvalue weighted by Crippen LogP contribution is -2.14. The van der Waals surface area contributed by atoms with Crippen LogP contribution in [-0.4, -0.2) is 10.9 Å². The highest BCUT2D eigenvalue weighted by Gasteiger charge is 2.15. The molecule has 7 heteroatoms. The van der Waals surface area contributed by atoms with Gasteiger partial charge < -0.3 is 5.32 Å². The Morgan fingerprint density at radius 3 is 2.60 bits per heavy atom. The van der Waals surface area contributed by atoms with Crippen molar-refractivity contribution in [3.8, 4) is 0 Å². The van der Waals surface area contributed by atoms with E-state index in [2.05, 4.69) is 10.3 Å². The topological polar surface area (TPSA) is 42.0 Å². The number of nitrogens with one attached hydrogen (secondary N) is 1. The Bertz CT molecular complexity index is 692. The maximum Gasteiger partial charge on any atom is 0.257 e. The Balaban J connectivity index is 2.32. The number of rotatable bonds is 2. The summed E-state index contributed by atoms with van der Waals surface area (Å²) in [6, 6.07) is 3.13. The van der Waals surface area contributed by atoms with E-state index in [1.54, 1.807) is 0 Å². The van der Waals surface area contributed by atoms with Crippen molar-refractivity contribution in [3.05, 3.63) is 57.3 Å². The highest BCUT2D eigenvalue weighted by Crippen LogP contribution is 2.22. The zero-order chi connectivity index (χ0) is 14.9. The van der Waals surface area contributed by atoms with E-state index >= 15 is 0 Å². The fourth-order valence-corrected chi connectivity index (χ4v) is 1.87. The van der Waals surface area contributed by atoms with Crippen LogP contribution >= 0.6 is 23.2 Å². The summed E-state index contributed by atoms with van der Waals surface area (Å²) in [5.41, 5.74) is -0.111. The Hall–Kier alpha value is -1.72. The number of hydrogen-bond donors (Lipinski definition) is 1. The molecule has 20 heavy (non-hydrogen) atoms. The number of halogens is 4. The van der Waals surface area contributed by atoms with Gasteiger partial charge in [-0.15, -0.1) is 0 Å². The van der Waals surface area contributed by atoms with Gasteiger partial charge in [-0.25, -0.2) is 13.8 Å². The number of carbonyl (C=O) groups is 1. The minimum atomic E-state index is -0.742. The molecular formula is C13H8Cl2F2N2O. The fraction of sp³-hybridized carbons (Fsp3) is 0.0769. The average molecular weight is 317 g/mol. The monoisotopic (exact) mass is 316 g/mol. The van der Waals surface area contributed by atoms with Crippen molar-refractivity contribution in [2.75, 3.05) is 5.32 Å². The summed E-state index contributed by atoms with van der Waals surface area (Å²) < 4.78 is 27.0. The molecule has 0 radical (unpaired) electrons. The largest absolute Gasteiger partial charge is 0.319 e. The summed E-state index contributed by atoms with van der Waals surface area (Å²) in [7, 11) is 0. The van der Waals surface area contributed by atoms with Gasteiger partial charge in [0, 0.05) is 12.3 Å². The molecule has 0 aliphatic rings. The Morgan fingerprint density at radius 1 is 1.20 bits per heavy atom. The van der Waals surface area contributed by atoms with Crippen LogP contribution in [-0.2, 0) is 0 Å². The maximum absolute atomic E-state index is 13.6. The first kappa shape index (κ1) is 14.7. The minimum absolute atomic E-state index is 0.0204. The van der Waals surface area contributed by atoms with Gasteiger partial charge >= 0.3 is 0 Å². The van der Waals surface area contributed by atoms with Crippen LogP contribution in [0, 0.1) is 18.6 Å². The molecule has 0 spiro atoms. The van der Waals surface area contributed by atoms with Gasteiger partial charge in [-0.05, 0) is 24.6 Å². The average Bonchev–Trinajstić information content (AvgIpc) is 2.38. The van der Waals surface area contributed by atoms with Crippen LogP contribution in [0.3, 0.4) is 0 Å². The van der Waals surface area contributed by atoms with Crippen LogP contribution in [0.5, 0.6) is 0 Å². The lowest BCUT2D eigenvalue weighted by atomic mass is 10.2. The van der Waals surface area contributed by atoms with Crippen LogP contribution in [0.1, 0.15) is 15.9 Å². The molecule has 0 fully saturated rings. The molecular weight excluding hydrogens is 309 g/mol. The molecule has 0 aliphatic carbocycles. The predicted molar refractivity (Wildman–Crippen MR) is 73.3 cm³/mol. The number of anilines is 1. The van der Waals surface area contributed by atoms with E-state index in [1.165, 1.54) is 19.2 Å². The second kappa shape index (κ2) is 5.73. The number of amides is 1. The smallest absolute Gasteiger partial charge is 0.257 e. The molecule has 104 valence electrons. The van der Waals surface area contributed by atoms with Crippen molar-refractivity contribution in [2.45, 2.75) is 6.92 Å². The molecule has 1 heterocycles. The minimum Gasteiger partial charge on any atom is -0.319 e. The zero-order valence-corrected chi connectivity index (χ0v) is 11.7. The van der Waals surface area contributed by atoms with Gasteiger partial charge in [0.25, 0.3) is 5.91 Å². The van der Waals surface area contributed by atoms with Crippen LogP contribution in [0.2, 0.25) is 10.2 Å². The van der Waals surface area contributed by atoms with Crippen LogP contribution in [0.4, 0.5) is 14.5 Å². The second-order valence-electron chi connectivity index (χ2n) is 4.02. The van der Waals surface area contributed by atoms with Gasteiger partial charge in [-0.3, -0.25) is 4.79 Å². The van der Waals surface area contributed by atoms with E-state index < -0.39 is 17.5 Å². The van der Waals surface area contributed by atoms with Crippen molar-refractivity contribution in [2.24, 2.45) is 0 Å². The molecule has 2 rings (SSSR count). The quantitative estimate of drug-likeness (QED) is 0.842. The molecule has 1 amide bonds. The van der Waals surface area contributed by atoms with E-state index in [9.17, 15) is 13.6 Å². The zero-order valence-electron chi connectivity index (χ0n) is 10.2. The van der Waals surface area contributed by atoms with Crippen LogP contribution in [0.25, 0.3) is 0 Å². The normalized spacial score (nSPS) is 10.4. The summed E-state index contributed by atoms with van der Waals surface area (Å²) in [5, 5.41) is 2.36. The van der Waals surface area contributed by atoms with Gasteiger partial charge in [-0.1, -0.05) is 23.2 Å². The summed E-state index contributed by atoms with van der Waals surface area (Å²) >= 11 is 11.5. The SMILES string of the molecule is Cc1cc(F)c(NC(=O)c2cc(Cl)ncc2Cl)cc1F. The Labute approximate surface area is 123 Å². The molecule has 0 aliphatic heterocycles. The van der Waals surface area contributed by atoms with Crippen LogP contribution < -0.4 is 5.32 Å². The number of carbonyl (C=O) groups excluding carboxylic acids is 1. The molecule has 0 atom stereocenters. The molecule has 1 aromatic heterocycles. The molecule has 0 saturated carbocycles. The number of pyridine rings is 1. The molecule has 0 bridgehead atoms. The number of aryl methyl sites for hydroxylation is 1. The van der Waals surface area contributed by atoms with Gasteiger partial charge in [0.1, 0.15) is 16.8 Å². The third-order valence-electron chi connectivity index (χ3n) is 2.56. The van der Waals surface area contributed by atoms with Crippen LogP contribution in [0.15, 0.2) is 24.4 Å². The third-order valence-corrected chi connectivity index (χ3v) is 3.07.